The minimum Gasteiger partial charge on any atom is -0.309 e. The molecule has 0 aromatic heterocycles. The molecule has 8 aromatic carbocycles. The van der Waals surface area contributed by atoms with Crippen molar-refractivity contribution in [3.63, 3.8) is 0 Å². The number of aryl methyl sites for hydroxylation is 2. The van der Waals surface area contributed by atoms with E-state index < -0.39 is 11.5 Å². The molecule has 0 atom stereocenters. The molecule has 0 N–H and O–H groups in total. The van der Waals surface area contributed by atoms with Crippen LogP contribution in [0.2, 0.25) is 0 Å². The summed E-state index contributed by atoms with van der Waals surface area (Å²) in [5.74, 6) is 0. The van der Waals surface area contributed by atoms with E-state index in [1.54, 1.807) is 0 Å². The molecule has 9 rings (SSSR count). The Morgan fingerprint density at radius 3 is 1.38 bits per heavy atom. The SMILES string of the molecule is [2H]c1c([2H])c([2H])c2c(c1[2H])-c1c(N(c3ccc(-c4ccccc4)cc3C)c3ccc(-c4ccccc4)cc3C)c([2H])c([2H])c([2H])c1C2(c1ccccc1)c1ccccc1. The van der Waals surface area contributed by atoms with Gasteiger partial charge in [-0.2, -0.15) is 0 Å². The van der Waals surface area contributed by atoms with E-state index >= 15 is 0 Å². The molecule has 52 heavy (non-hydrogen) atoms. The third kappa shape index (κ3) is 5.09. The van der Waals surface area contributed by atoms with Gasteiger partial charge in [-0.3, -0.25) is 0 Å². The summed E-state index contributed by atoms with van der Waals surface area (Å²) in [6, 6.07) is 49.5. The zero-order chi connectivity index (χ0) is 41.2. The van der Waals surface area contributed by atoms with Gasteiger partial charge in [-0.1, -0.05) is 170 Å². The average Bonchev–Trinajstić information content (AvgIpc) is 3.60. The number of fused-ring (bicyclic) bond motifs is 3. The van der Waals surface area contributed by atoms with Crippen molar-refractivity contribution in [1.29, 1.82) is 0 Å². The van der Waals surface area contributed by atoms with Gasteiger partial charge in [0.2, 0.25) is 0 Å². The van der Waals surface area contributed by atoms with Gasteiger partial charge in [-0.25, -0.2) is 0 Å². The predicted molar refractivity (Wildman–Crippen MR) is 219 cm³/mol. The molecular weight excluding hydrogens is 627 g/mol. The Balaban J connectivity index is 1.46. The van der Waals surface area contributed by atoms with E-state index in [0.29, 0.717) is 27.8 Å². The lowest BCUT2D eigenvalue weighted by atomic mass is 9.68. The molecule has 8 aromatic rings. The first-order chi connectivity index (χ1) is 28.5. The van der Waals surface area contributed by atoms with Crippen LogP contribution in [-0.2, 0) is 5.41 Å². The minimum atomic E-state index is -1.44. The van der Waals surface area contributed by atoms with E-state index in [2.05, 4.69) is 36.4 Å². The molecule has 0 saturated carbocycles. The summed E-state index contributed by atoms with van der Waals surface area (Å²) in [4.78, 5) is 1.98. The largest absolute Gasteiger partial charge is 0.309 e. The second kappa shape index (κ2) is 13.0. The van der Waals surface area contributed by atoms with Crippen molar-refractivity contribution < 1.29 is 9.60 Å². The highest BCUT2D eigenvalue weighted by molar-refractivity contribution is 5.98. The van der Waals surface area contributed by atoms with Gasteiger partial charge in [0.15, 0.2) is 0 Å². The van der Waals surface area contributed by atoms with E-state index in [1.807, 2.05) is 140 Å². The highest BCUT2D eigenvalue weighted by Gasteiger charge is 2.47. The summed E-state index contributed by atoms with van der Waals surface area (Å²) in [7, 11) is 0. The van der Waals surface area contributed by atoms with Crippen LogP contribution in [0.15, 0.2) is 200 Å². The maximum Gasteiger partial charge on any atom is 0.0714 e. The Labute approximate surface area is 317 Å². The summed E-state index contributed by atoms with van der Waals surface area (Å²) in [5, 5.41) is 0. The highest BCUT2D eigenvalue weighted by Crippen LogP contribution is 2.59. The van der Waals surface area contributed by atoms with Crippen LogP contribution in [0, 0.1) is 13.8 Å². The fourth-order valence-electron chi connectivity index (χ4n) is 7.92. The Morgan fingerprint density at radius 1 is 0.423 bits per heavy atom. The molecule has 0 radical (unpaired) electrons. The molecule has 0 unspecified atom stereocenters. The number of hydrogen-bond donors (Lipinski definition) is 0. The highest BCUT2D eigenvalue weighted by atomic mass is 15.1. The fraction of sp³-hybridized carbons (Fsp3) is 0.0588. The van der Waals surface area contributed by atoms with Gasteiger partial charge in [-0.05, 0) is 105 Å². The average molecular weight is 673 g/mol. The van der Waals surface area contributed by atoms with Gasteiger partial charge in [0.1, 0.15) is 0 Å². The van der Waals surface area contributed by atoms with Crippen molar-refractivity contribution in [2.24, 2.45) is 0 Å². The van der Waals surface area contributed by atoms with Gasteiger partial charge >= 0.3 is 0 Å². The predicted octanol–water partition coefficient (Wildman–Crippen LogP) is 13.5. The Hall–Kier alpha value is -6.44. The zero-order valence-electron chi connectivity index (χ0n) is 36.0. The van der Waals surface area contributed by atoms with E-state index in [0.717, 1.165) is 44.8 Å². The molecule has 0 aliphatic heterocycles. The minimum absolute atomic E-state index is 0.207. The standard InChI is InChI=1S/C51H39N/c1-36-34-40(38-18-7-3-8-19-38)30-32-47(36)52(48-33-31-41(35-37(48)2)39-20-9-4-10-21-39)49-29-17-28-46-50(49)44-26-15-16-27-45(44)51(46,42-22-11-5-12-23-42)43-24-13-6-14-25-43/h3-35H,1-2H3/i15D,16D,17D,26D,27D,28D,29D. The third-order valence-electron chi connectivity index (χ3n) is 10.3. The molecule has 1 aliphatic rings. The maximum atomic E-state index is 9.89. The van der Waals surface area contributed by atoms with Crippen LogP contribution >= 0.6 is 0 Å². The smallest absolute Gasteiger partial charge is 0.0714 e. The molecule has 1 nitrogen and oxygen atoms in total. The lowest BCUT2D eigenvalue weighted by molar-refractivity contribution is 0.768. The van der Waals surface area contributed by atoms with Gasteiger partial charge in [-0.15, -0.1) is 0 Å². The Kier molecular flexibility index (Phi) is 6.18. The van der Waals surface area contributed by atoms with Crippen LogP contribution in [0.4, 0.5) is 17.1 Å². The molecule has 0 bridgehead atoms. The van der Waals surface area contributed by atoms with Gasteiger partial charge in [0.25, 0.3) is 0 Å². The van der Waals surface area contributed by atoms with Gasteiger partial charge in [0.05, 0.1) is 20.7 Å². The number of rotatable bonds is 7. The Morgan fingerprint density at radius 2 is 0.885 bits per heavy atom. The van der Waals surface area contributed by atoms with Crippen LogP contribution in [-0.4, -0.2) is 0 Å². The number of anilines is 3. The van der Waals surface area contributed by atoms with Crippen LogP contribution in [0.25, 0.3) is 33.4 Å². The maximum absolute atomic E-state index is 9.89. The van der Waals surface area contributed by atoms with Crippen LogP contribution < -0.4 is 4.90 Å². The normalized spacial score (nSPS) is 14.5. The van der Waals surface area contributed by atoms with Crippen LogP contribution in [0.3, 0.4) is 0 Å². The van der Waals surface area contributed by atoms with E-state index in [1.165, 1.54) is 0 Å². The first-order valence-electron chi connectivity index (χ1n) is 21.0. The second-order valence-corrected chi connectivity index (χ2v) is 13.3. The van der Waals surface area contributed by atoms with Gasteiger partial charge < -0.3 is 4.90 Å². The summed E-state index contributed by atoms with van der Waals surface area (Å²) in [6.07, 6.45) is 0. The van der Waals surface area contributed by atoms with E-state index in [-0.39, 0.29) is 47.5 Å². The van der Waals surface area contributed by atoms with Crippen molar-refractivity contribution in [1.82, 2.24) is 0 Å². The lowest BCUT2D eigenvalue weighted by Crippen LogP contribution is -2.28. The van der Waals surface area contributed by atoms with Crippen LogP contribution in [0.1, 0.15) is 43.0 Å². The molecule has 0 amide bonds. The lowest BCUT2D eigenvalue weighted by Gasteiger charge is -2.35. The van der Waals surface area contributed by atoms with Crippen molar-refractivity contribution in [3.8, 4) is 33.4 Å². The first-order valence-corrected chi connectivity index (χ1v) is 17.5. The van der Waals surface area contributed by atoms with Gasteiger partial charge in [0, 0.05) is 16.9 Å². The van der Waals surface area contributed by atoms with Crippen molar-refractivity contribution >= 4 is 17.1 Å². The number of nitrogens with zero attached hydrogens (tertiary/aromatic N) is 1. The number of benzene rings is 8. The molecule has 0 spiro atoms. The molecule has 1 heteroatoms. The summed E-state index contributed by atoms with van der Waals surface area (Å²) >= 11 is 0. The topological polar surface area (TPSA) is 3.24 Å². The molecule has 0 heterocycles. The summed E-state index contributed by atoms with van der Waals surface area (Å²) < 4.78 is 66.7. The van der Waals surface area contributed by atoms with E-state index in [9.17, 15) is 6.85 Å². The molecular formula is C51H39N. The Bertz CT molecular complexity index is 2790. The second-order valence-electron chi connectivity index (χ2n) is 13.3. The molecule has 0 fully saturated rings. The molecule has 1 aliphatic carbocycles. The van der Waals surface area contributed by atoms with Crippen LogP contribution in [0.5, 0.6) is 0 Å². The quantitative estimate of drug-likeness (QED) is 0.163. The number of hydrogen-bond acceptors (Lipinski definition) is 1. The summed E-state index contributed by atoms with van der Waals surface area (Å²) in [5.41, 5.74) is 8.74. The fourth-order valence-corrected chi connectivity index (χ4v) is 7.92. The first kappa shape index (κ1) is 24.7. The molecule has 248 valence electrons. The van der Waals surface area contributed by atoms with Crippen molar-refractivity contribution in [3.05, 3.63) is 233 Å². The van der Waals surface area contributed by atoms with Crippen molar-refractivity contribution in [2.45, 2.75) is 19.3 Å². The summed E-state index contributed by atoms with van der Waals surface area (Å²) in [6.45, 7) is 4.04. The zero-order valence-corrected chi connectivity index (χ0v) is 29.0. The van der Waals surface area contributed by atoms with Crippen molar-refractivity contribution in [2.75, 3.05) is 4.90 Å². The monoisotopic (exact) mass is 672 g/mol. The van der Waals surface area contributed by atoms with E-state index in [4.69, 9.17) is 2.74 Å². The molecule has 0 saturated heterocycles. The third-order valence-corrected chi connectivity index (χ3v) is 10.3.